The van der Waals surface area contributed by atoms with Crippen molar-refractivity contribution in [2.75, 3.05) is 5.75 Å². The molecule has 1 saturated heterocycles. The number of hydrogen-bond acceptors (Lipinski definition) is 3. The molecule has 1 aromatic heterocycles. The number of carboxylic acid groups (broad SMARTS) is 1. The SMILES string of the molecule is O=C(O)[C@@H]1CS[C@@H](c2cn(Cc3ccccc3)c3ccccc23)N1. The molecule has 0 aliphatic carbocycles. The van der Waals surface area contributed by atoms with Crippen LogP contribution < -0.4 is 5.32 Å². The molecule has 4 rings (SSSR count). The van der Waals surface area contributed by atoms with Gasteiger partial charge < -0.3 is 9.67 Å². The number of carbonyl (C=O) groups is 1. The molecule has 3 aromatic rings. The standard InChI is InChI=1S/C19H18N2O2S/c22-19(23)16-12-24-18(20-16)15-11-21(10-13-6-2-1-3-7-13)17-9-5-4-8-14(15)17/h1-9,11,16,18,20H,10,12H2,(H,22,23)/t16-,18-/m0/s1. The number of nitrogens with zero attached hydrogens (tertiary/aromatic N) is 1. The summed E-state index contributed by atoms with van der Waals surface area (Å²) in [7, 11) is 0. The fourth-order valence-electron chi connectivity index (χ4n) is 3.19. The second-order valence-corrected chi connectivity index (χ2v) is 7.12. The molecule has 2 atom stereocenters. The normalized spacial score (nSPS) is 20.5. The van der Waals surface area contributed by atoms with Crippen LogP contribution in [0.1, 0.15) is 16.5 Å². The van der Waals surface area contributed by atoms with E-state index in [2.05, 4.69) is 40.3 Å². The van der Waals surface area contributed by atoms with Crippen LogP contribution >= 0.6 is 11.8 Å². The maximum atomic E-state index is 11.2. The van der Waals surface area contributed by atoms with E-state index < -0.39 is 12.0 Å². The van der Waals surface area contributed by atoms with Crippen molar-refractivity contribution < 1.29 is 9.90 Å². The summed E-state index contributed by atoms with van der Waals surface area (Å²) < 4.78 is 2.25. The van der Waals surface area contributed by atoms with Crippen molar-refractivity contribution in [2.45, 2.75) is 18.0 Å². The zero-order chi connectivity index (χ0) is 16.5. The lowest BCUT2D eigenvalue weighted by molar-refractivity contribution is -0.138. The van der Waals surface area contributed by atoms with E-state index in [0.717, 1.165) is 12.1 Å². The number of rotatable bonds is 4. The quantitative estimate of drug-likeness (QED) is 0.765. The molecule has 0 amide bonds. The van der Waals surface area contributed by atoms with Gasteiger partial charge in [0, 0.05) is 35.0 Å². The second kappa shape index (κ2) is 6.34. The lowest BCUT2D eigenvalue weighted by Gasteiger charge is -2.09. The van der Waals surface area contributed by atoms with Crippen LogP contribution in [0.4, 0.5) is 0 Å². The van der Waals surface area contributed by atoms with Gasteiger partial charge in [0.2, 0.25) is 0 Å². The lowest BCUT2D eigenvalue weighted by Crippen LogP contribution is -2.33. The van der Waals surface area contributed by atoms with Gasteiger partial charge in [-0.25, -0.2) is 0 Å². The van der Waals surface area contributed by atoms with Gasteiger partial charge in [-0.3, -0.25) is 10.1 Å². The first-order chi connectivity index (χ1) is 11.7. The fourth-order valence-corrected chi connectivity index (χ4v) is 4.44. The minimum absolute atomic E-state index is 0.0213. The number of aliphatic carboxylic acids is 1. The Morgan fingerprint density at radius 2 is 1.92 bits per heavy atom. The number of carboxylic acids is 1. The molecule has 2 aromatic carbocycles. The number of aromatic nitrogens is 1. The van der Waals surface area contributed by atoms with Crippen molar-refractivity contribution in [3.05, 3.63) is 71.9 Å². The van der Waals surface area contributed by atoms with Gasteiger partial charge in [-0.15, -0.1) is 11.8 Å². The Kier molecular flexibility index (Phi) is 4.04. The molecule has 2 N–H and O–H groups in total. The molecule has 4 nitrogen and oxygen atoms in total. The number of nitrogens with one attached hydrogen (secondary N) is 1. The second-order valence-electron chi connectivity index (χ2n) is 5.99. The van der Waals surface area contributed by atoms with Crippen LogP contribution in [0.3, 0.4) is 0 Å². The summed E-state index contributed by atoms with van der Waals surface area (Å²) in [6, 6.07) is 18.2. The summed E-state index contributed by atoms with van der Waals surface area (Å²) in [6.07, 6.45) is 2.16. The maximum absolute atomic E-state index is 11.2. The lowest BCUT2D eigenvalue weighted by atomic mass is 10.1. The Bertz CT molecular complexity index is 875. The maximum Gasteiger partial charge on any atom is 0.321 e. The van der Waals surface area contributed by atoms with E-state index in [9.17, 15) is 9.90 Å². The molecule has 5 heteroatoms. The first-order valence-electron chi connectivity index (χ1n) is 7.94. The van der Waals surface area contributed by atoms with E-state index in [1.165, 1.54) is 16.5 Å². The summed E-state index contributed by atoms with van der Waals surface area (Å²) in [5.41, 5.74) is 3.59. The number of thioether (sulfide) groups is 1. The summed E-state index contributed by atoms with van der Waals surface area (Å²) in [5, 5.41) is 13.6. The molecule has 0 radical (unpaired) electrons. The summed E-state index contributed by atoms with van der Waals surface area (Å²) >= 11 is 1.66. The topological polar surface area (TPSA) is 54.3 Å². The zero-order valence-corrected chi connectivity index (χ0v) is 13.9. The first kappa shape index (κ1) is 15.3. The van der Waals surface area contributed by atoms with Crippen molar-refractivity contribution in [1.29, 1.82) is 0 Å². The molecule has 1 aliphatic rings. The van der Waals surface area contributed by atoms with Crippen molar-refractivity contribution in [3.63, 3.8) is 0 Å². The highest BCUT2D eigenvalue weighted by atomic mass is 32.2. The third-order valence-electron chi connectivity index (χ3n) is 4.38. The van der Waals surface area contributed by atoms with Gasteiger partial charge in [0.15, 0.2) is 0 Å². The van der Waals surface area contributed by atoms with Gasteiger partial charge in [0.25, 0.3) is 0 Å². The largest absolute Gasteiger partial charge is 0.480 e. The predicted octanol–water partition coefficient (Wildman–Crippen LogP) is 3.48. The first-order valence-corrected chi connectivity index (χ1v) is 8.99. The van der Waals surface area contributed by atoms with Crippen molar-refractivity contribution in [1.82, 2.24) is 9.88 Å². The average Bonchev–Trinajstić information content (AvgIpc) is 3.21. The van der Waals surface area contributed by atoms with Crippen LogP contribution in [0.5, 0.6) is 0 Å². The Balaban J connectivity index is 1.71. The van der Waals surface area contributed by atoms with Gasteiger partial charge in [-0.05, 0) is 11.6 Å². The van der Waals surface area contributed by atoms with Crippen LogP contribution in [-0.4, -0.2) is 27.4 Å². The number of para-hydroxylation sites is 1. The van der Waals surface area contributed by atoms with Gasteiger partial charge in [0.1, 0.15) is 6.04 Å². The minimum Gasteiger partial charge on any atom is -0.480 e. The molecule has 0 saturated carbocycles. The molecule has 0 spiro atoms. The van der Waals surface area contributed by atoms with Crippen molar-refractivity contribution >= 4 is 28.6 Å². The van der Waals surface area contributed by atoms with Gasteiger partial charge >= 0.3 is 5.97 Å². The molecule has 24 heavy (non-hydrogen) atoms. The Morgan fingerprint density at radius 1 is 1.17 bits per heavy atom. The molecule has 0 bridgehead atoms. The summed E-state index contributed by atoms with van der Waals surface area (Å²) in [4.78, 5) is 11.2. The average molecular weight is 338 g/mol. The molecule has 2 heterocycles. The molecule has 122 valence electrons. The van der Waals surface area contributed by atoms with E-state index in [-0.39, 0.29) is 5.37 Å². The Morgan fingerprint density at radius 3 is 2.67 bits per heavy atom. The van der Waals surface area contributed by atoms with Crippen LogP contribution in [-0.2, 0) is 11.3 Å². The number of fused-ring (bicyclic) bond motifs is 1. The van der Waals surface area contributed by atoms with Gasteiger partial charge in [0.05, 0.1) is 5.37 Å². The van der Waals surface area contributed by atoms with E-state index in [4.69, 9.17) is 0 Å². The summed E-state index contributed by atoms with van der Waals surface area (Å²) in [5.74, 6) is -0.184. The fraction of sp³-hybridized carbons (Fsp3) is 0.211. The highest BCUT2D eigenvalue weighted by Gasteiger charge is 2.31. The van der Waals surface area contributed by atoms with E-state index in [1.807, 2.05) is 30.3 Å². The number of hydrogen-bond donors (Lipinski definition) is 2. The van der Waals surface area contributed by atoms with Gasteiger partial charge in [-0.1, -0.05) is 48.5 Å². The van der Waals surface area contributed by atoms with Crippen LogP contribution in [0.15, 0.2) is 60.8 Å². The van der Waals surface area contributed by atoms with Crippen molar-refractivity contribution in [2.24, 2.45) is 0 Å². The smallest absolute Gasteiger partial charge is 0.321 e. The third-order valence-corrected chi connectivity index (χ3v) is 5.63. The van der Waals surface area contributed by atoms with Crippen LogP contribution in [0.25, 0.3) is 10.9 Å². The zero-order valence-electron chi connectivity index (χ0n) is 13.1. The van der Waals surface area contributed by atoms with E-state index in [1.54, 1.807) is 11.8 Å². The Labute approximate surface area is 144 Å². The highest BCUT2D eigenvalue weighted by Crippen LogP contribution is 2.37. The summed E-state index contributed by atoms with van der Waals surface area (Å²) in [6.45, 7) is 0.807. The number of benzene rings is 2. The molecular weight excluding hydrogens is 320 g/mol. The third kappa shape index (κ3) is 2.81. The molecule has 1 aliphatic heterocycles. The van der Waals surface area contributed by atoms with Crippen molar-refractivity contribution in [3.8, 4) is 0 Å². The monoisotopic (exact) mass is 338 g/mol. The minimum atomic E-state index is -0.780. The highest BCUT2D eigenvalue weighted by molar-refractivity contribution is 7.99. The predicted molar refractivity (Wildman–Crippen MR) is 97.2 cm³/mol. The van der Waals surface area contributed by atoms with Crippen LogP contribution in [0.2, 0.25) is 0 Å². The Hall–Kier alpha value is -2.24. The van der Waals surface area contributed by atoms with E-state index >= 15 is 0 Å². The van der Waals surface area contributed by atoms with Crippen LogP contribution in [0, 0.1) is 0 Å². The van der Waals surface area contributed by atoms with E-state index in [0.29, 0.717) is 5.75 Å². The molecular formula is C19H18N2O2S. The molecule has 1 fully saturated rings. The van der Waals surface area contributed by atoms with Gasteiger partial charge in [-0.2, -0.15) is 0 Å². The molecule has 0 unspecified atom stereocenters.